The Kier molecular flexibility index (Phi) is 7.89. The number of benzene rings is 1. The molecule has 0 bridgehead atoms. The molecule has 4 fully saturated rings. The van der Waals surface area contributed by atoms with Crippen LogP contribution in [-0.4, -0.2) is 46.7 Å². The van der Waals surface area contributed by atoms with Crippen LogP contribution in [-0.2, 0) is 16.1 Å². The predicted molar refractivity (Wildman–Crippen MR) is 145 cm³/mol. The van der Waals surface area contributed by atoms with Crippen molar-refractivity contribution in [2.45, 2.75) is 103 Å². The Labute approximate surface area is 228 Å². The summed E-state index contributed by atoms with van der Waals surface area (Å²) in [5, 5.41) is 33.5. The van der Waals surface area contributed by atoms with E-state index in [2.05, 4.69) is 20.8 Å². The molecule has 0 radical (unpaired) electrons. The van der Waals surface area contributed by atoms with Gasteiger partial charge in [0.2, 0.25) is 0 Å². The van der Waals surface area contributed by atoms with Crippen LogP contribution in [0.25, 0.3) is 0 Å². The summed E-state index contributed by atoms with van der Waals surface area (Å²) < 4.78 is 10.7. The van der Waals surface area contributed by atoms with E-state index in [1.54, 1.807) is 7.11 Å². The van der Waals surface area contributed by atoms with Gasteiger partial charge < -0.3 is 24.8 Å². The Morgan fingerprint density at radius 1 is 1.03 bits per heavy atom. The molecule has 0 amide bonds. The molecule has 1 aromatic rings. The number of aliphatic hydroxyl groups excluding tert-OH is 3. The Balaban J connectivity index is 1.22. The van der Waals surface area contributed by atoms with Gasteiger partial charge in [0.05, 0.1) is 25.4 Å². The lowest BCUT2D eigenvalue weighted by Crippen LogP contribution is -2.62. The van der Waals surface area contributed by atoms with Crippen LogP contribution in [0.4, 0.5) is 0 Å². The third-order valence-corrected chi connectivity index (χ3v) is 11.9. The Hall–Kier alpha value is -1.63. The molecule has 0 heterocycles. The highest BCUT2D eigenvalue weighted by Gasteiger charge is 2.65. The number of carbonyl (C=O) groups is 1. The van der Waals surface area contributed by atoms with Gasteiger partial charge in [-0.1, -0.05) is 32.9 Å². The van der Waals surface area contributed by atoms with Gasteiger partial charge in [0.1, 0.15) is 12.4 Å². The summed E-state index contributed by atoms with van der Waals surface area (Å²) in [6.07, 6.45) is 6.29. The lowest BCUT2D eigenvalue weighted by Gasteiger charge is -2.63. The topological polar surface area (TPSA) is 96.2 Å². The second kappa shape index (κ2) is 10.7. The summed E-state index contributed by atoms with van der Waals surface area (Å²) >= 11 is 0. The van der Waals surface area contributed by atoms with Crippen molar-refractivity contribution in [1.82, 2.24) is 0 Å². The molecule has 0 aliphatic heterocycles. The van der Waals surface area contributed by atoms with Gasteiger partial charge in [-0.05, 0) is 115 Å². The normalized spacial score (nSPS) is 42.9. The van der Waals surface area contributed by atoms with Crippen LogP contribution in [0.15, 0.2) is 24.3 Å². The lowest BCUT2D eigenvalue weighted by molar-refractivity contribution is -0.207. The molecular formula is C32H48O6. The minimum Gasteiger partial charge on any atom is -0.497 e. The maximum atomic E-state index is 12.6. The van der Waals surface area contributed by atoms with Crippen molar-refractivity contribution in [2.75, 3.05) is 7.11 Å². The fourth-order valence-electron chi connectivity index (χ4n) is 9.64. The van der Waals surface area contributed by atoms with Gasteiger partial charge in [-0.15, -0.1) is 0 Å². The zero-order valence-corrected chi connectivity index (χ0v) is 23.6. The minimum absolute atomic E-state index is 0.0861. The molecular weight excluding hydrogens is 480 g/mol. The first-order chi connectivity index (χ1) is 18.1. The summed E-state index contributed by atoms with van der Waals surface area (Å²) in [6, 6.07) is 7.54. The van der Waals surface area contributed by atoms with Crippen molar-refractivity contribution in [2.24, 2.45) is 46.3 Å². The first kappa shape index (κ1) is 27.9. The SMILES string of the molecule is COc1ccc(COC(=O)CCC(C)C2CCC3C4C(O)CC5CC(O)CCC5(C)C4CC(O)C23C)cc1. The van der Waals surface area contributed by atoms with Crippen molar-refractivity contribution < 1.29 is 29.6 Å². The van der Waals surface area contributed by atoms with Gasteiger partial charge in [-0.2, -0.15) is 0 Å². The number of fused-ring (bicyclic) bond motifs is 5. The number of aliphatic hydroxyl groups is 3. The van der Waals surface area contributed by atoms with E-state index in [0.717, 1.165) is 62.7 Å². The highest BCUT2D eigenvalue weighted by atomic mass is 16.5. The molecule has 4 aliphatic carbocycles. The standard InChI is InChI=1S/C32H48O6/c1-19(5-12-29(36)38-18-20-6-8-23(37-4)9-7-20)24-10-11-25-30-26(17-28(35)32(24,25)3)31(2)14-13-22(33)15-21(31)16-27(30)34/h6-9,19,21-22,24-28,30,33-35H,5,10-18H2,1-4H3. The molecule has 11 atom stereocenters. The van der Waals surface area contributed by atoms with Crippen LogP contribution >= 0.6 is 0 Å². The van der Waals surface area contributed by atoms with Gasteiger partial charge >= 0.3 is 5.97 Å². The quantitative estimate of drug-likeness (QED) is 0.426. The molecule has 6 heteroatoms. The number of carbonyl (C=O) groups excluding carboxylic acids is 1. The van der Waals surface area contributed by atoms with Gasteiger partial charge in [0.15, 0.2) is 0 Å². The second-order valence-electron chi connectivity index (χ2n) is 13.6. The first-order valence-corrected chi connectivity index (χ1v) is 14.9. The van der Waals surface area contributed by atoms with E-state index in [9.17, 15) is 20.1 Å². The number of hydrogen-bond donors (Lipinski definition) is 3. The first-order valence-electron chi connectivity index (χ1n) is 14.9. The van der Waals surface area contributed by atoms with E-state index < -0.39 is 6.10 Å². The molecule has 11 unspecified atom stereocenters. The molecule has 4 aliphatic rings. The summed E-state index contributed by atoms with van der Waals surface area (Å²) in [4.78, 5) is 12.6. The van der Waals surface area contributed by atoms with E-state index >= 15 is 0 Å². The predicted octanol–water partition coefficient (Wildman–Crippen LogP) is 5.12. The summed E-state index contributed by atoms with van der Waals surface area (Å²) in [7, 11) is 1.63. The highest BCUT2D eigenvalue weighted by Crippen LogP contribution is 2.68. The number of hydrogen-bond acceptors (Lipinski definition) is 6. The number of esters is 1. The maximum Gasteiger partial charge on any atom is 0.306 e. The number of methoxy groups -OCH3 is 1. The molecule has 3 N–H and O–H groups in total. The van der Waals surface area contributed by atoms with E-state index in [1.807, 2.05) is 24.3 Å². The zero-order valence-electron chi connectivity index (χ0n) is 23.6. The van der Waals surface area contributed by atoms with Crippen LogP contribution < -0.4 is 4.74 Å². The van der Waals surface area contributed by atoms with Gasteiger partial charge in [0.25, 0.3) is 0 Å². The molecule has 4 saturated carbocycles. The Bertz CT molecular complexity index is 979. The molecule has 212 valence electrons. The molecule has 38 heavy (non-hydrogen) atoms. The van der Waals surface area contributed by atoms with Crippen LogP contribution in [0.3, 0.4) is 0 Å². The van der Waals surface area contributed by atoms with Crippen molar-refractivity contribution in [3.8, 4) is 5.75 Å². The monoisotopic (exact) mass is 528 g/mol. The number of rotatable bonds is 7. The van der Waals surface area contributed by atoms with E-state index in [0.29, 0.717) is 36.0 Å². The van der Waals surface area contributed by atoms with Crippen molar-refractivity contribution >= 4 is 5.97 Å². The molecule has 1 aromatic carbocycles. The zero-order chi connectivity index (χ0) is 27.2. The Morgan fingerprint density at radius 2 is 1.76 bits per heavy atom. The van der Waals surface area contributed by atoms with Gasteiger partial charge in [0, 0.05) is 6.42 Å². The second-order valence-corrected chi connectivity index (χ2v) is 13.6. The third kappa shape index (κ3) is 4.79. The molecule has 0 aromatic heterocycles. The summed E-state index contributed by atoms with van der Waals surface area (Å²) in [5.41, 5.74) is 0.780. The molecule has 6 nitrogen and oxygen atoms in total. The van der Waals surface area contributed by atoms with E-state index in [1.165, 1.54) is 0 Å². The van der Waals surface area contributed by atoms with E-state index in [4.69, 9.17) is 9.47 Å². The maximum absolute atomic E-state index is 12.6. The summed E-state index contributed by atoms with van der Waals surface area (Å²) in [5.74, 6) is 2.36. The average Bonchev–Trinajstić information content (AvgIpc) is 3.26. The molecule has 5 rings (SSSR count). The minimum atomic E-state index is -0.402. The Morgan fingerprint density at radius 3 is 2.47 bits per heavy atom. The smallest absolute Gasteiger partial charge is 0.306 e. The van der Waals surface area contributed by atoms with Crippen LogP contribution in [0.2, 0.25) is 0 Å². The average molecular weight is 529 g/mol. The largest absolute Gasteiger partial charge is 0.497 e. The van der Waals surface area contributed by atoms with Crippen LogP contribution in [0.1, 0.15) is 84.1 Å². The van der Waals surface area contributed by atoms with E-state index in [-0.39, 0.29) is 41.5 Å². The fraction of sp³-hybridized carbons (Fsp3) is 0.781. The summed E-state index contributed by atoms with van der Waals surface area (Å²) in [6.45, 7) is 7.12. The third-order valence-electron chi connectivity index (χ3n) is 11.9. The van der Waals surface area contributed by atoms with Crippen LogP contribution in [0.5, 0.6) is 5.75 Å². The van der Waals surface area contributed by atoms with Crippen molar-refractivity contribution in [1.29, 1.82) is 0 Å². The number of ether oxygens (including phenoxy) is 2. The van der Waals surface area contributed by atoms with Crippen molar-refractivity contribution in [3.05, 3.63) is 29.8 Å². The van der Waals surface area contributed by atoms with Gasteiger partial charge in [-0.3, -0.25) is 4.79 Å². The fourth-order valence-corrected chi connectivity index (χ4v) is 9.64. The highest BCUT2D eigenvalue weighted by molar-refractivity contribution is 5.69. The molecule has 0 saturated heterocycles. The van der Waals surface area contributed by atoms with Crippen LogP contribution in [0, 0.1) is 46.3 Å². The van der Waals surface area contributed by atoms with Gasteiger partial charge in [-0.25, -0.2) is 0 Å². The lowest BCUT2D eigenvalue weighted by atomic mass is 9.43. The molecule has 0 spiro atoms. The van der Waals surface area contributed by atoms with Crippen molar-refractivity contribution in [3.63, 3.8) is 0 Å².